The van der Waals surface area contributed by atoms with Gasteiger partial charge in [0.2, 0.25) is 0 Å². The second-order valence-electron chi connectivity index (χ2n) is 13.4. The fourth-order valence-electron chi connectivity index (χ4n) is 7.65. The molecule has 0 unspecified atom stereocenters. The van der Waals surface area contributed by atoms with Crippen LogP contribution in [-0.4, -0.2) is 0 Å². The molecular weight excluding hydrogens is 601 g/mol. The van der Waals surface area contributed by atoms with Crippen LogP contribution in [0.4, 0.5) is 0 Å². The largest absolute Gasteiger partial charge is 0.0616 e. The highest BCUT2D eigenvalue weighted by Crippen LogP contribution is 2.35. The van der Waals surface area contributed by atoms with Crippen LogP contribution in [0.2, 0.25) is 0 Å². The molecular formula is C50H32. The smallest absolute Gasteiger partial charge is 0.0105 e. The minimum Gasteiger partial charge on any atom is -0.0616 e. The van der Waals surface area contributed by atoms with Crippen LogP contribution in [0.3, 0.4) is 0 Å². The Morgan fingerprint density at radius 2 is 0.440 bits per heavy atom. The maximum absolute atomic E-state index is 2.33. The van der Waals surface area contributed by atoms with Crippen LogP contribution in [-0.2, 0) is 0 Å². The molecule has 0 bridgehead atoms. The minimum atomic E-state index is 1.23. The average molecular weight is 633 g/mol. The molecule has 0 heteroatoms. The third kappa shape index (κ3) is 5.02. The lowest BCUT2D eigenvalue weighted by molar-refractivity contribution is 1.61. The Labute approximate surface area is 291 Å². The number of rotatable bonds is 4. The Bertz CT molecular complexity index is 2930. The number of hydrogen-bond acceptors (Lipinski definition) is 0. The molecule has 10 rings (SSSR count). The first-order valence-electron chi connectivity index (χ1n) is 17.3. The zero-order chi connectivity index (χ0) is 33.0. The molecule has 10 aromatic carbocycles. The quantitative estimate of drug-likeness (QED) is 0.169. The summed E-state index contributed by atoms with van der Waals surface area (Å²) in [6.45, 7) is 0. The summed E-state index contributed by atoms with van der Waals surface area (Å²) in [4.78, 5) is 0. The Balaban J connectivity index is 0.953. The molecule has 0 amide bonds. The first-order valence-corrected chi connectivity index (χ1v) is 17.3. The van der Waals surface area contributed by atoms with Crippen LogP contribution in [0.25, 0.3) is 98.4 Å². The molecule has 0 saturated carbocycles. The van der Waals surface area contributed by atoms with Crippen LogP contribution in [0.5, 0.6) is 0 Å². The van der Waals surface area contributed by atoms with Crippen molar-refractivity contribution in [2.45, 2.75) is 0 Å². The summed E-state index contributed by atoms with van der Waals surface area (Å²) in [7, 11) is 0. The van der Waals surface area contributed by atoms with E-state index < -0.39 is 0 Å². The van der Waals surface area contributed by atoms with Gasteiger partial charge in [-0.2, -0.15) is 0 Å². The lowest BCUT2D eigenvalue weighted by atomic mass is 9.93. The van der Waals surface area contributed by atoms with E-state index in [1.54, 1.807) is 0 Å². The van der Waals surface area contributed by atoms with E-state index in [9.17, 15) is 0 Å². The van der Waals surface area contributed by atoms with E-state index in [-0.39, 0.29) is 0 Å². The van der Waals surface area contributed by atoms with Crippen molar-refractivity contribution in [2.75, 3.05) is 0 Å². The van der Waals surface area contributed by atoms with Gasteiger partial charge in [-0.05, 0) is 141 Å². The summed E-state index contributed by atoms with van der Waals surface area (Å²) in [5.41, 5.74) is 9.90. The van der Waals surface area contributed by atoms with Crippen molar-refractivity contribution in [1.29, 1.82) is 0 Å². The van der Waals surface area contributed by atoms with Crippen molar-refractivity contribution in [3.05, 3.63) is 194 Å². The molecule has 0 N–H and O–H groups in total. The first kappa shape index (κ1) is 28.5. The van der Waals surface area contributed by atoms with E-state index >= 15 is 0 Å². The van der Waals surface area contributed by atoms with Gasteiger partial charge in [0.15, 0.2) is 0 Å². The second kappa shape index (κ2) is 11.6. The third-order valence-corrected chi connectivity index (χ3v) is 10.4. The Morgan fingerprint density at radius 3 is 0.860 bits per heavy atom. The van der Waals surface area contributed by atoms with E-state index in [1.165, 1.54) is 98.4 Å². The molecule has 0 spiro atoms. The van der Waals surface area contributed by atoms with Crippen molar-refractivity contribution in [1.82, 2.24) is 0 Å². The summed E-state index contributed by atoms with van der Waals surface area (Å²) in [6, 6.07) is 71.4. The van der Waals surface area contributed by atoms with E-state index in [4.69, 9.17) is 0 Å². The predicted octanol–water partition coefficient (Wildman–Crippen LogP) is 14.1. The van der Waals surface area contributed by atoms with Crippen LogP contribution < -0.4 is 0 Å². The van der Waals surface area contributed by atoms with E-state index in [0.717, 1.165) is 0 Å². The minimum absolute atomic E-state index is 1.23. The van der Waals surface area contributed by atoms with Gasteiger partial charge in [0.25, 0.3) is 0 Å². The van der Waals surface area contributed by atoms with Gasteiger partial charge in [-0.1, -0.05) is 152 Å². The Morgan fingerprint density at radius 1 is 0.160 bits per heavy atom. The number of hydrogen-bond donors (Lipinski definition) is 0. The lowest BCUT2D eigenvalue weighted by Gasteiger charge is -2.11. The zero-order valence-corrected chi connectivity index (χ0v) is 27.5. The first-order chi connectivity index (χ1) is 24.7. The van der Waals surface area contributed by atoms with Crippen molar-refractivity contribution >= 4 is 53.9 Å². The van der Waals surface area contributed by atoms with Gasteiger partial charge in [0, 0.05) is 0 Å². The summed E-state index contributed by atoms with van der Waals surface area (Å²) >= 11 is 0. The van der Waals surface area contributed by atoms with Gasteiger partial charge in [0.1, 0.15) is 0 Å². The monoisotopic (exact) mass is 632 g/mol. The highest BCUT2D eigenvalue weighted by molar-refractivity contribution is 6.09. The molecule has 232 valence electrons. The molecule has 0 aliphatic carbocycles. The van der Waals surface area contributed by atoms with E-state index in [2.05, 4.69) is 194 Å². The molecule has 0 aliphatic rings. The molecule has 0 fully saturated rings. The van der Waals surface area contributed by atoms with E-state index in [0.29, 0.717) is 0 Å². The topological polar surface area (TPSA) is 0 Å². The van der Waals surface area contributed by atoms with Gasteiger partial charge in [-0.15, -0.1) is 0 Å². The molecule has 0 atom stereocenters. The zero-order valence-electron chi connectivity index (χ0n) is 27.5. The number of benzene rings is 10. The molecule has 0 saturated heterocycles. The van der Waals surface area contributed by atoms with Crippen molar-refractivity contribution in [3.63, 3.8) is 0 Å². The van der Waals surface area contributed by atoms with Gasteiger partial charge >= 0.3 is 0 Å². The van der Waals surface area contributed by atoms with Gasteiger partial charge < -0.3 is 0 Å². The van der Waals surface area contributed by atoms with Crippen LogP contribution in [0.15, 0.2) is 194 Å². The second-order valence-corrected chi connectivity index (χ2v) is 13.4. The van der Waals surface area contributed by atoms with Crippen LogP contribution in [0, 0.1) is 0 Å². The highest BCUT2D eigenvalue weighted by Gasteiger charge is 2.09. The predicted molar refractivity (Wildman–Crippen MR) is 216 cm³/mol. The van der Waals surface area contributed by atoms with Crippen LogP contribution in [0.1, 0.15) is 0 Å². The number of fused-ring (bicyclic) bond motifs is 6. The molecule has 0 aromatic heterocycles. The molecule has 0 radical (unpaired) electrons. The van der Waals surface area contributed by atoms with Gasteiger partial charge in [0.05, 0.1) is 0 Å². The van der Waals surface area contributed by atoms with Gasteiger partial charge in [-0.3, -0.25) is 0 Å². The van der Waals surface area contributed by atoms with Gasteiger partial charge in [-0.25, -0.2) is 0 Å². The van der Waals surface area contributed by atoms with Crippen molar-refractivity contribution in [2.24, 2.45) is 0 Å². The third-order valence-electron chi connectivity index (χ3n) is 10.4. The fourth-order valence-corrected chi connectivity index (χ4v) is 7.65. The van der Waals surface area contributed by atoms with Crippen molar-refractivity contribution < 1.29 is 0 Å². The molecule has 0 aliphatic heterocycles. The Kier molecular flexibility index (Phi) is 6.60. The Hall–Kier alpha value is -6.50. The lowest BCUT2D eigenvalue weighted by Crippen LogP contribution is -1.85. The molecule has 0 nitrogen and oxygen atoms in total. The maximum Gasteiger partial charge on any atom is -0.0105 e. The summed E-state index contributed by atoms with van der Waals surface area (Å²) in [5, 5.41) is 12.7. The summed E-state index contributed by atoms with van der Waals surface area (Å²) in [5.74, 6) is 0. The molecule has 0 heterocycles. The van der Waals surface area contributed by atoms with Crippen molar-refractivity contribution in [3.8, 4) is 44.5 Å². The standard InChI is InChI=1S/C50H32/c1-3-8-35-26-39(14-12-33(35)6-1)37-10-5-11-38(28-37)45-22-24-49-47(31-45)20-21-48-32-46(23-25-50(48)49)44-19-18-42-29-41(16-17-43(42)30-44)40-15-13-34-7-2-4-9-36(34)27-40/h1-32H. The average Bonchev–Trinajstić information content (AvgIpc) is 3.19. The summed E-state index contributed by atoms with van der Waals surface area (Å²) in [6.07, 6.45) is 0. The normalized spacial score (nSPS) is 11.6. The maximum atomic E-state index is 2.33. The van der Waals surface area contributed by atoms with Crippen LogP contribution >= 0.6 is 0 Å². The summed E-state index contributed by atoms with van der Waals surface area (Å²) < 4.78 is 0. The molecule has 50 heavy (non-hydrogen) atoms. The highest BCUT2D eigenvalue weighted by atomic mass is 14.1. The fraction of sp³-hybridized carbons (Fsp3) is 0. The SMILES string of the molecule is c1cc(-c2ccc3ccccc3c2)cc(-c2ccc3c(ccc4cc(-c5ccc6cc(-c7ccc8ccccc8c7)ccc6c5)ccc43)c2)c1. The van der Waals surface area contributed by atoms with E-state index in [1.807, 2.05) is 0 Å². The molecule has 10 aromatic rings.